The lowest BCUT2D eigenvalue weighted by Crippen LogP contribution is -2.36. The van der Waals surface area contributed by atoms with Gasteiger partial charge in [0.2, 0.25) is 6.33 Å². The fraction of sp³-hybridized carbons (Fsp3) is 0.700. The predicted molar refractivity (Wildman–Crippen MR) is 67.2 cm³/mol. The van der Waals surface area contributed by atoms with Crippen molar-refractivity contribution in [1.29, 1.82) is 0 Å². The van der Waals surface area contributed by atoms with E-state index in [4.69, 9.17) is 0 Å². The van der Waals surface area contributed by atoms with Gasteiger partial charge in [0, 0.05) is 5.75 Å². The molecule has 0 aromatic carbocycles. The molecule has 1 aromatic heterocycles. The molecular weight excluding hydrogens is 256 g/mol. The Kier molecular flexibility index (Phi) is 4.51. The molecule has 0 aliphatic carbocycles. The third kappa shape index (κ3) is 5.47. The molecule has 5 nitrogen and oxygen atoms in total. The number of hydrogen-bond donors (Lipinski definition) is 0. The van der Waals surface area contributed by atoms with Gasteiger partial charge in [0.1, 0.15) is 12.4 Å². The summed E-state index contributed by atoms with van der Waals surface area (Å²) in [6, 6.07) is 0. The molecule has 0 fully saturated rings. The van der Waals surface area contributed by atoms with Crippen LogP contribution in [0.3, 0.4) is 0 Å². The average Bonchev–Trinajstić information content (AvgIpc) is 2.58. The van der Waals surface area contributed by atoms with Gasteiger partial charge in [-0.3, -0.25) is 4.23 Å². The normalized spacial score (nSPS) is 12.9. The summed E-state index contributed by atoms with van der Waals surface area (Å²) in [6.45, 7) is 7.51. The van der Waals surface area contributed by atoms with Crippen molar-refractivity contribution in [2.45, 2.75) is 39.0 Å². The lowest BCUT2D eigenvalue weighted by Gasteiger charge is -2.09. The number of aryl methyl sites for hydroxylation is 1. The molecule has 0 unspecified atom stereocenters. The Balaban J connectivity index is 2.41. The van der Waals surface area contributed by atoms with Crippen LogP contribution in [0.1, 0.15) is 12.8 Å². The minimum absolute atomic E-state index is 0.262. The van der Waals surface area contributed by atoms with Gasteiger partial charge in [0.05, 0.1) is 16.7 Å². The van der Waals surface area contributed by atoms with E-state index in [0.29, 0.717) is 12.8 Å². The minimum Gasteiger partial charge on any atom is -0.748 e. The molecule has 0 amide bonds. The molecule has 0 aliphatic rings. The van der Waals surface area contributed by atoms with Crippen molar-refractivity contribution in [2.75, 3.05) is 5.75 Å². The number of nitrogens with zero attached hydrogens (tertiary/aromatic N) is 2. The third-order valence-electron chi connectivity index (χ3n) is 2.53. The van der Waals surface area contributed by atoms with Crippen molar-refractivity contribution >= 4 is 18.4 Å². The molecule has 0 N–H and O–H groups in total. The van der Waals surface area contributed by atoms with Gasteiger partial charge in [-0.15, -0.1) is 0 Å². The SMILES string of the molecule is C[Si](C)(C)n1cc[n+](CCCCS(=O)(=O)[O-])c1. The summed E-state index contributed by atoms with van der Waals surface area (Å²) in [5.74, 6) is -0.262. The first-order valence-electron chi connectivity index (χ1n) is 5.69. The zero-order valence-electron chi connectivity index (χ0n) is 10.6. The van der Waals surface area contributed by atoms with E-state index in [1.54, 1.807) is 0 Å². The highest BCUT2D eigenvalue weighted by atomic mass is 32.2. The summed E-state index contributed by atoms with van der Waals surface area (Å²) in [7, 11) is -5.39. The van der Waals surface area contributed by atoms with Crippen LogP contribution in [0, 0.1) is 0 Å². The molecule has 1 aromatic rings. The first kappa shape index (κ1) is 14.4. The van der Waals surface area contributed by atoms with Crippen molar-refractivity contribution in [3.8, 4) is 0 Å². The van der Waals surface area contributed by atoms with E-state index in [1.165, 1.54) is 0 Å². The van der Waals surface area contributed by atoms with Crippen molar-refractivity contribution in [3.05, 3.63) is 18.7 Å². The molecular formula is C10H20N2O3SSi. The van der Waals surface area contributed by atoms with E-state index in [1.807, 2.05) is 10.8 Å². The average molecular weight is 276 g/mol. The molecule has 0 aliphatic heterocycles. The number of hydrogen-bond acceptors (Lipinski definition) is 3. The van der Waals surface area contributed by atoms with Crippen LogP contribution in [0.2, 0.25) is 19.6 Å². The van der Waals surface area contributed by atoms with Crippen LogP contribution in [0.4, 0.5) is 0 Å². The molecule has 0 radical (unpaired) electrons. The van der Waals surface area contributed by atoms with E-state index in [0.717, 1.165) is 6.54 Å². The summed E-state index contributed by atoms with van der Waals surface area (Å²) < 4.78 is 35.5. The second-order valence-corrected chi connectivity index (χ2v) is 11.6. The summed E-state index contributed by atoms with van der Waals surface area (Å²) in [4.78, 5) is 0. The van der Waals surface area contributed by atoms with Crippen molar-refractivity contribution < 1.29 is 17.5 Å². The number of unbranched alkanes of at least 4 members (excludes halogenated alkanes) is 1. The minimum atomic E-state index is -4.05. The van der Waals surface area contributed by atoms with E-state index in [2.05, 4.69) is 36.4 Å². The molecule has 0 bridgehead atoms. The van der Waals surface area contributed by atoms with Gasteiger partial charge < -0.3 is 4.55 Å². The van der Waals surface area contributed by atoms with E-state index in [-0.39, 0.29) is 5.75 Å². The number of imidazole rings is 1. The van der Waals surface area contributed by atoms with Crippen LogP contribution in [0.5, 0.6) is 0 Å². The van der Waals surface area contributed by atoms with Gasteiger partial charge in [0.15, 0.2) is 0 Å². The zero-order valence-corrected chi connectivity index (χ0v) is 12.4. The Bertz CT molecular complexity index is 462. The highest BCUT2D eigenvalue weighted by Gasteiger charge is 2.23. The van der Waals surface area contributed by atoms with Gasteiger partial charge >= 0.3 is 0 Å². The van der Waals surface area contributed by atoms with Gasteiger partial charge in [-0.25, -0.2) is 13.0 Å². The van der Waals surface area contributed by atoms with E-state index in [9.17, 15) is 13.0 Å². The molecule has 0 spiro atoms. The summed E-state index contributed by atoms with van der Waals surface area (Å²) >= 11 is 0. The standard InChI is InChI=1S/C10H20N2O3SSi/c1-17(2,3)12-8-7-11(10-12)6-4-5-9-16(13,14)15/h7-8,10H,4-6,9H2,1-3H3. The lowest BCUT2D eigenvalue weighted by atomic mass is 10.3. The molecule has 98 valence electrons. The molecule has 0 saturated heterocycles. The summed E-state index contributed by atoms with van der Waals surface area (Å²) in [6.07, 6.45) is 7.23. The summed E-state index contributed by atoms with van der Waals surface area (Å²) in [5, 5.41) is 0. The van der Waals surface area contributed by atoms with Crippen LogP contribution in [-0.2, 0) is 16.7 Å². The second kappa shape index (κ2) is 5.32. The molecule has 1 rings (SSSR count). The van der Waals surface area contributed by atoms with Crippen LogP contribution < -0.4 is 4.57 Å². The highest BCUT2D eigenvalue weighted by Crippen LogP contribution is 2.03. The molecule has 7 heteroatoms. The quantitative estimate of drug-likeness (QED) is 0.334. The predicted octanol–water partition coefficient (Wildman–Crippen LogP) is 0.784. The summed E-state index contributed by atoms with van der Waals surface area (Å²) in [5.41, 5.74) is 0. The lowest BCUT2D eigenvalue weighted by molar-refractivity contribution is -0.696. The Labute approximate surface area is 104 Å². The van der Waals surface area contributed by atoms with Crippen LogP contribution >= 0.6 is 0 Å². The number of rotatable bonds is 6. The van der Waals surface area contributed by atoms with Gasteiger partial charge in [-0.05, 0) is 32.5 Å². The molecule has 1 heterocycles. The van der Waals surface area contributed by atoms with Crippen molar-refractivity contribution in [1.82, 2.24) is 4.23 Å². The maximum absolute atomic E-state index is 10.4. The third-order valence-corrected chi connectivity index (χ3v) is 5.13. The van der Waals surface area contributed by atoms with Gasteiger partial charge in [-0.1, -0.05) is 0 Å². The zero-order chi connectivity index (χ0) is 13.1. The van der Waals surface area contributed by atoms with Gasteiger partial charge in [0.25, 0.3) is 8.24 Å². The Hall–Kier alpha value is -0.663. The largest absolute Gasteiger partial charge is 0.748 e. The van der Waals surface area contributed by atoms with E-state index >= 15 is 0 Å². The first-order chi connectivity index (χ1) is 7.68. The Morgan fingerprint density at radius 3 is 2.41 bits per heavy atom. The number of aromatic nitrogens is 2. The topological polar surface area (TPSA) is 66.0 Å². The van der Waals surface area contributed by atoms with Crippen LogP contribution in [0.15, 0.2) is 18.7 Å². The monoisotopic (exact) mass is 276 g/mol. The second-order valence-electron chi connectivity index (χ2n) is 5.20. The fourth-order valence-electron chi connectivity index (χ4n) is 1.50. The molecule has 0 atom stereocenters. The highest BCUT2D eigenvalue weighted by molar-refractivity contribution is 7.85. The van der Waals surface area contributed by atoms with Crippen molar-refractivity contribution in [2.24, 2.45) is 0 Å². The maximum Gasteiger partial charge on any atom is 0.257 e. The van der Waals surface area contributed by atoms with Gasteiger partial charge in [-0.2, -0.15) is 0 Å². The molecule has 17 heavy (non-hydrogen) atoms. The van der Waals surface area contributed by atoms with Crippen LogP contribution in [-0.4, -0.2) is 31.2 Å². The van der Waals surface area contributed by atoms with Crippen molar-refractivity contribution in [3.63, 3.8) is 0 Å². The first-order valence-corrected chi connectivity index (χ1v) is 10.7. The van der Waals surface area contributed by atoms with E-state index < -0.39 is 18.4 Å². The van der Waals surface area contributed by atoms with Crippen LogP contribution in [0.25, 0.3) is 0 Å². The smallest absolute Gasteiger partial charge is 0.257 e. The molecule has 0 saturated carbocycles. The Morgan fingerprint density at radius 1 is 1.29 bits per heavy atom. The maximum atomic E-state index is 10.4. The Morgan fingerprint density at radius 2 is 1.94 bits per heavy atom. The fourth-order valence-corrected chi connectivity index (χ4v) is 3.06.